The number of carbonyl (C=O) groups is 2. The number of hydrogen-bond acceptors (Lipinski definition) is 5. The van der Waals surface area contributed by atoms with Gasteiger partial charge in [0.1, 0.15) is 6.29 Å². The zero-order valence-electron chi connectivity index (χ0n) is 12.4. The van der Waals surface area contributed by atoms with E-state index in [9.17, 15) is 9.59 Å². The van der Waals surface area contributed by atoms with Crippen molar-refractivity contribution in [1.29, 1.82) is 0 Å². The van der Waals surface area contributed by atoms with Gasteiger partial charge in [-0.3, -0.25) is 4.79 Å². The Kier molecular flexibility index (Phi) is 8.27. The molecule has 0 saturated carbocycles. The van der Waals surface area contributed by atoms with E-state index >= 15 is 0 Å². The first kappa shape index (κ1) is 17.3. The number of hydrogen-bond donors (Lipinski definition) is 2. The van der Waals surface area contributed by atoms with Crippen molar-refractivity contribution in [3.05, 3.63) is 35.4 Å². The van der Waals surface area contributed by atoms with Crippen molar-refractivity contribution in [3.63, 3.8) is 0 Å². The molecular weight excluding hydrogens is 270 g/mol. The predicted molar refractivity (Wildman–Crippen MR) is 81.0 cm³/mol. The van der Waals surface area contributed by atoms with Crippen molar-refractivity contribution < 1.29 is 14.3 Å². The van der Waals surface area contributed by atoms with E-state index in [2.05, 4.69) is 11.1 Å². The van der Waals surface area contributed by atoms with Crippen LogP contribution in [0.2, 0.25) is 0 Å². The van der Waals surface area contributed by atoms with Crippen LogP contribution < -0.4 is 11.1 Å². The summed E-state index contributed by atoms with van der Waals surface area (Å²) in [6, 6.07) is 7.44. The summed E-state index contributed by atoms with van der Waals surface area (Å²) in [4.78, 5) is 23.4. The normalized spacial score (nSPS) is 16.1. The van der Waals surface area contributed by atoms with E-state index in [1.165, 1.54) is 11.9 Å². The Balaban J connectivity index is 0.000000231. The first-order valence-corrected chi connectivity index (χ1v) is 7.00. The topological polar surface area (TPSA) is 84.7 Å². The number of aldehydes is 1. The molecule has 0 aromatic heterocycles. The minimum Gasteiger partial charge on any atom is -0.379 e. The zero-order chi connectivity index (χ0) is 15.5. The van der Waals surface area contributed by atoms with Crippen LogP contribution in [0.5, 0.6) is 0 Å². The van der Waals surface area contributed by atoms with Crippen LogP contribution in [0.4, 0.5) is 0 Å². The van der Waals surface area contributed by atoms with Crippen LogP contribution in [-0.2, 0) is 16.1 Å². The van der Waals surface area contributed by atoms with Crippen LogP contribution in [0, 0.1) is 0 Å². The van der Waals surface area contributed by atoms with E-state index in [4.69, 9.17) is 4.74 Å². The molecular formula is C15H23N3O3. The monoisotopic (exact) mass is 293 g/mol. The van der Waals surface area contributed by atoms with Gasteiger partial charge >= 0.3 is 0 Å². The molecule has 2 heterocycles. The lowest BCUT2D eigenvalue weighted by molar-refractivity contribution is -0.108. The van der Waals surface area contributed by atoms with E-state index in [-0.39, 0.29) is 12.5 Å². The number of fused-ring (bicyclic) bond motifs is 1. The smallest absolute Gasteiger partial charge is 0.254 e. The largest absolute Gasteiger partial charge is 0.379 e. The molecule has 2 aliphatic heterocycles. The van der Waals surface area contributed by atoms with Crippen LogP contribution in [0.25, 0.3) is 0 Å². The highest BCUT2D eigenvalue weighted by atomic mass is 16.5. The average molecular weight is 293 g/mol. The molecule has 3 N–H and O–H groups in total. The minimum absolute atomic E-state index is 0.0392. The maximum absolute atomic E-state index is 11.6. The molecule has 6 nitrogen and oxygen atoms in total. The number of rotatable bonds is 2. The van der Waals surface area contributed by atoms with Crippen molar-refractivity contribution in [2.75, 3.05) is 39.9 Å². The highest BCUT2D eigenvalue weighted by Gasteiger charge is 2.25. The van der Waals surface area contributed by atoms with Gasteiger partial charge in [-0.15, -0.1) is 0 Å². The van der Waals surface area contributed by atoms with E-state index in [1.807, 2.05) is 18.2 Å². The Bertz CT molecular complexity index is 436. The lowest BCUT2D eigenvalue weighted by atomic mass is 10.1. The number of nitrogens with two attached hydrogens (primary N) is 1. The Morgan fingerprint density at radius 1 is 1.29 bits per heavy atom. The molecule has 1 amide bonds. The zero-order valence-corrected chi connectivity index (χ0v) is 12.4. The molecule has 0 unspecified atom stereocenters. The first-order chi connectivity index (χ1) is 10.3. The van der Waals surface area contributed by atoms with Crippen molar-refractivity contribution in [2.45, 2.75) is 6.54 Å². The SMILES string of the molecule is C1COCCN1.CN.O=CCN1Cc2ccccc2C1=O. The molecule has 3 rings (SSSR count). The van der Waals surface area contributed by atoms with Crippen molar-refractivity contribution in [1.82, 2.24) is 10.2 Å². The molecule has 0 atom stereocenters. The maximum Gasteiger partial charge on any atom is 0.254 e. The molecule has 21 heavy (non-hydrogen) atoms. The van der Waals surface area contributed by atoms with Crippen LogP contribution in [0.1, 0.15) is 15.9 Å². The summed E-state index contributed by atoms with van der Waals surface area (Å²) in [5.74, 6) is -0.0392. The van der Waals surface area contributed by atoms with Crippen LogP contribution in [0.15, 0.2) is 24.3 Å². The third-order valence-corrected chi connectivity index (χ3v) is 3.04. The van der Waals surface area contributed by atoms with E-state index in [1.54, 1.807) is 6.07 Å². The van der Waals surface area contributed by atoms with Gasteiger partial charge in [0, 0.05) is 25.2 Å². The molecule has 1 aromatic carbocycles. The number of nitrogens with one attached hydrogen (secondary N) is 1. The number of carbonyl (C=O) groups excluding carboxylic acids is 2. The van der Waals surface area contributed by atoms with Gasteiger partial charge in [0.2, 0.25) is 0 Å². The van der Waals surface area contributed by atoms with Gasteiger partial charge in [0.05, 0.1) is 19.8 Å². The molecule has 0 spiro atoms. The standard InChI is InChI=1S/C10H9NO2.C4H9NO.CH5N/c12-6-5-11-7-8-3-1-2-4-9(8)10(11)13;1-3-6-4-2-5-1;1-2/h1-4,6H,5,7H2;5H,1-4H2;2H2,1H3. The van der Waals surface area contributed by atoms with Gasteiger partial charge < -0.3 is 25.5 Å². The van der Waals surface area contributed by atoms with Gasteiger partial charge in [-0.25, -0.2) is 0 Å². The Labute approximate surface area is 125 Å². The van der Waals surface area contributed by atoms with E-state index < -0.39 is 0 Å². The number of amides is 1. The summed E-state index contributed by atoms with van der Waals surface area (Å²) in [5.41, 5.74) is 6.23. The minimum atomic E-state index is -0.0392. The summed E-state index contributed by atoms with van der Waals surface area (Å²) < 4.78 is 5.01. The third-order valence-electron chi connectivity index (χ3n) is 3.04. The lowest BCUT2D eigenvalue weighted by Gasteiger charge is -2.10. The summed E-state index contributed by atoms with van der Waals surface area (Å²) in [7, 11) is 1.50. The van der Waals surface area contributed by atoms with Crippen LogP contribution in [0.3, 0.4) is 0 Å². The van der Waals surface area contributed by atoms with Crippen LogP contribution >= 0.6 is 0 Å². The third kappa shape index (κ3) is 5.26. The molecule has 6 heteroatoms. The maximum atomic E-state index is 11.6. The summed E-state index contributed by atoms with van der Waals surface area (Å²) in [5, 5.41) is 3.16. The fourth-order valence-corrected chi connectivity index (χ4v) is 2.07. The van der Waals surface area contributed by atoms with Gasteiger partial charge in [-0.2, -0.15) is 0 Å². The summed E-state index contributed by atoms with van der Waals surface area (Å²) in [6.07, 6.45) is 0.754. The quantitative estimate of drug-likeness (QED) is 0.751. The van der Waals surface area contributed by atoms with Gasteiger partial charge in [0.15, 0.2) is 0 Å². The van der Waals surface area contributed by atoms with E-state index in [0.29, 0.717) is 6.54 Å². The summed E-state index contributed by atoms with van der Waals surface area (Å²) >= 11 is 0. The molecule has 0 aliphatic carbocycles. The molecule has 1 fully saturated rings. The van der Waals surface area contributed by atoms with Crippen molar-refractivity contribution in [3.8, 4) is 0 Å². The first-order valence-electron chi connectivity index (χ1n) is 7.00. The number of ether oxygens (including phenoxy) is 1. The Morgan fingerprint density at radius 3 is 2.43 bits per heavy atom. The Morgan fingerprint density at radius 2 is 1.95 bits per heavy atom. The fourth-order valence-electron chi connectivity index (χ4n) is 2.07. The second-order valence-electron chi connectivity index (χ2n) is 4.37. The molecule has 0 bridgehead atoms. The molecule has 116 valence electrons. The fraction of sp³-hybridized carbons (Fsp3) is 0.467. The number of morpholine rings is 1. The van der Waals surface area contributed by atoms with Gasteiger partial charge in [-0.05, 0) is 18.7 Å². The van der Waals surface area contributed by atoms with Crippen molar-refractivity contribution in [2.24, 2.45) is 5.73 Å². The summed E-state index contributed by atoms with van der Waals surface area (Å²) in [6.45, 7) is 4.58. The highest BCUT2D eigenvalue weighted by molar-refractivity contribution is 5.99. The second kappa shape index (κ2) is 10.0. The predicted octanol–water partition coefficient (Wildman–Crippen LogP) is 0.0224. The van der Waals surface area contributed by atoms with Gasteiger partial charge in [-0.1, -0.05) is 18.2 Å². The average Bonchev–Trinajstić information content (AvgIpc) is 2.89. The van der Waals surface area contributed by atoms with E-state index in [0.717, 1.165) is 43.7 Å². The molecule has 1 saturated heterocycles. The molecule has 2 aliphatic rings. The van der Waals surface area contributed by atoms with Gasteiger partial charge in [0.25, 0.3) is 5.91 Å². The lowest BCUT2D eigenvalue weighted by Crippen LogP contribution is -2.30. The van der Waals surface area contributed by atoms with Crippen LogP contribution in [-0.4, -0.2) is 57.0 Å². The molecule has 0 radical (unpaired) electrons. The van der Waals surface area contributed by atoms with Crippen molar-refractivity contribution >= 4 is 12.2 Å². The molecule has 1 aromatic rings. The number of nitrogens with zero attached hydrogens (tertiary/aromatic N) is 1. The second-order valence-corrected chi connectivity index (χ2v) is 4.37. The highest BCUT2D eigenvalue weighted by Crippen LogP contribution is 2.21. The Hall–Kier alpha value is -1.76. The number of benzene rings is 1.